The van der Waals surface area contributed by atoms with Crippen molar-refractivity contribution in [2.45, 2.75) is 30.7 Å². The van der Waals surface area contributed by atoms with Crippen molar-refractivity contribution in [1.82, 2.24) is 4.90 Å². The Labute approximate surface area is 120 Å². The summed E-state index contributed by atoms with van der Waals surface area (Å²) in [6.07, 6.45) is 3.14. The molecule has 1 heterocycles. The lowest BCUT2D eigenvalue weighted by Crippen LogP contribution is -2.38. The predicted octanol–water partition coefficient (Wildman–Crippen LogP) is 1.42. The van der Waals surface area contributed by atoms with Gasteiger partial charge in [-0.05, 0) is 44.0 Å². The fraction of sp³-hybridized carbons (Fsp3) is 0.600. The first-order chi connectivity index (χ1) is 9.40. The zero-order valence-electron chi connectivity index (χ0n) is 11.9. The van der Waals surface area contributed by atoms with Gasteiger partial charge < -0.3 is 10.6 Å². The van der Waals surface area contributed by atoms with Crippen LogP contribution in [0.1, 0.15) is 24.8 Å². The third kappa shape index (κ3) is 2.69. The molecule has 0 amide bonds. The summed E-state index contributed by atoms with van der Waals surface area (Å²) in [4.78, 5) is 2.24. The van der Waals surface area contributed by atoms with E-state index in [4.69, 9.17) is 5.73 Å². The molecule has 1 aliphatic heterocycles. The van der Waals surface area contributed by atoms with Gasteiger partial charge in [0, 0.05) is 23.7 Å². The van der Waals surface area contributed by atoms with E-state index in [9.17, 15) is 8.42 Å². The molecule has 5 heteroatoms. The van der Waals surface area contributed by atoms with Gasteiger partial charge in [-0.25, -0.2) is 8.42 Å². The summed E-state index contributed by atoms with van der Waals surface area (Å²) in [6.45, 7) is 0.942. The predicted molar refractivity (Wildman–Crippen MR) is 81.5 cm³/mol. The van der Waals surface area contributed by atoms with E-state index in [-0.39, 0.29) is 11.5 Å². The number of nitrogens with two attached hydrogens (primary N) is 1. The maximum Gasteiger partial charge on any atom is 0.151 e. The molecule has 1 aromatic carbocycles. The lowest BCUT2D eigenvalue weighted by molar-refractivity contribution is 0.239. The Morgan fingerprint density at radius 1 is 1.30 bits per heavy atom. The van der Waals surface area contributed by atoms with Gasteiger partial charge in [0.1, 0.15) is 0 Å². The highest BCUT2D eigenvalue weighted by atomic mass is 32.2. The standard InChI is InChI=1S/C15H22N2O2S/c1-17(14-6-9-20(18,19)10-14)11-15(7-8-15)12-2-4-13(16)5-3-12/h2-5,14H,6-11,16H2,1H3. The van der Waals surface area contributed by atoms with Crippen LogP contribution in [0.25, 0.3) is 0 Å². The number of rotatable bonds is 4. The maximum absolute atomic E-state index is 11.6. The van der Waals surface area contributed by atoms with E-state index >= 15 is 0 Å². The average molecular weight is 294 g/mol. The summed E-state index contributed by atoms with van der Waals surface area (Å²) in [5.41, 5.74) is 8.09. The molecule has 1 saturated carbocycles. The van der Waals surface area contributed by atoms with Crippen molar-refractivity contribution in [1.29, 1.82) is 0 Å². The molecule has 0 bridgehead atoms. The zero-order chi connectivity index (χ0) is 14.4. The molecule has 0 radical (unpaired) electrons. The first-order valence-corrected chi connectivity index (χ1v) is 8.99. The van der Waals surface area contributed by atoms with Crippen LogP contribution < -0.4 is 5.73 Å². The van der Waals surface area contributed by atoms with Gasteiger partial charge in [0.25, 0.3) is 0 Å². The molecular formula is C15H22N2O2S. The van der Waals surface area contributed by atoms with Crippen LogP contribution in [0, 0.1) is 0 Å². The van der Waals surface area contributed by atoms with E-state index < -0.39 is 9.84 Å². The SMILES string of the molecule is CN(CC1(c2ccc(N)cc2)CC1)C1CCS(=O)(=O)C1. The minimum absolute atomic E-state index is 0.186. The topological polar surface area (TPSA) is 63.4 Å². The lowest BCUT2D eigenvalue weighted by atomic mass is 9.94. The van der Waals surface area contributed by atoms with Gasteiger partial charge in [-0.15, -0.1) is 0 Å². The summed E-state index contributed by atoms with van der Waals surface area (Å²) in [5.74, 6) is 0.665. The minimum Gasteiger partial charge on any atom is -0.399 e. The fourth-order valence-electron chi connectivity index (χ4n) is 3.26. The van der Waals surface area contributed by atoms with E-state index in [2.05, 4.69) is 24.1 Å². The largest absolute Gasteiger partial charge is 0.399 e. The normalized spacial score (nSPS) is 26.8. The third-order valence-electron chi connectivity index (χ3n) is 4.76. The lowest BCUT2D eigenvalue weighted by Gasteiger charge is -2.28. The summed E-state index contributed by atoms with van der Waals surface area (Å²) in [7, 11) is -0.746. The van der Waals surface area contributed by atoms with Crippen LogP contribution in [-0.2, 0) is 15.3 Å². The van der Waals surface area contributed by atoms with Crippen LogP contribution in [0.15, 0.2) is 24.3 Å². The van der Waals surface area contributed by atoms with E-state index in [1.54, 1.807) is 0 Å². The summed E-state index contributed by atoms with van der Waals surface area (Å²) < 4.78 is 23.2. The molecule has 1 aliphatic carbocycles. The van der Waals surface area contributed by atoms with Crippen molar-refractivity contribution in [2.75, 3.05) is 30.8 Å². The van der Waals surface area contributed by atoms with Crippen molar-refractivity contribution in [3.63, 3.8) is 0 Å². The molecule has 3 rings (SSSR count). The molecule has 4 nitrogen and oxygen atoms in total. The second-order valence-corrected chi connectivity index (χ2v) is 8.60. The molecule has 2 aliphatic rings. The number of likely N-dealkylation sites (N-methyl/N-ethyl adjacent to an activating group) is 1. The number of benzene rings is 1. The highest BCUT2D eigenvalue weighted by Crippen LogP contribution is 2.49. The van der Waals surface area contributed by atoms with E-state index in [0.29, 0.717) is 11.5 Å². The van der Waals surface area contributed by atoms with Crippen molar-refractivity contribution < 1.29 is 8.42 Å². The number of hydrogen-bond acceptors (Lipinski definition) is 4. The Morgan fingerprint density at radius 2 is 1.95 bits per heavy atom. The molecule has 1 aromatic rings. The van der Waals surface area contributed by atoms with Crippen LogP contribution in [0.3, 0.4) is 0 Å². The molecule has 1 unspecified atom stereocenters. The van der Waals surface area contributed by atoms with E-state index in [1.807, 2.05) is 12.1 Å². The van der Waals surface area contributed by atoms with Gasteiger partial charge in [0.05, 0.1) is 11.5 Å². The molecule has 2 N–H and O–H groups in total. The molecule has 0 spiro atoms. The molecule has 2 fully saturated rings. The van der Waals surface area contributed by atoms with Crippen LogP contribution in [0.2, 0.25) is 0 Å². The van der Waals surface area contributed by atoms with Crippen molar-refractivity contribution in [2.24, 2.45) is 0 Å². The van der Waals surface area contributed by atoms with Gasteiger partial charge in [-0.1, -0.05) is 12.1 Å². The van der Waals surface area contributed by atoms with Gasteiger partial charge >= 0.3 is 0 Å². The highest BCUT2D eigenvalue weighted by molar-refractivity contribution is 7.91. The molecule has 110 valence electrons. The first-order valence-electron chi connectivity index (χ1n) is 7.17. The zero-order valence-corrected chi connectivity index (χ0v) is 12.7. The Morgan fingerprint density at radius 3 is 2.45 bits per heavy atom. The van der Waals surface area contributed by atoms with Crippen LogP contribution in [0.4, 0.5) is 5.69 Å². The van der Waals surface area contributed by atoms with Crippen LogP contribution >= 0.6 is 0 Å². The second kappa shape index (κ2) is 4.74. The number of sulfone groups is 1. The second-order valence-electron chi connectivity index (χ2n) is 6.37. The average Bonchev–Trinajstić information content (AvgIpc) is 3.07. The fourth-order valence-corrected chi connectivity index (χ4v) is 5.06. The Balaban J connectivity index is 1.69. The Hall–Kier alpha value is -1.07. The summed E-state index contributed by atoms with van der Waals surface area (Å²) >= 11 is 0. The summed E-state index contributed by atoms with van der Waals surface area (Å²) in [6, 6.07) is 8.32. The van der Waals surface area contributed by atoms with E-state index in [1.165, 1.54) is 18.4 Å². The van der Waals surface area contributed by atoms with Gasteiger partial charge in [-0.3, -0.25) is 0 Å². The van der Waals surface area contributed by atoms with Crippen LogP contribution in [0.5, 0.6) is 0 Å². The Kier molecular flexibility index (Phi) is 3.29. The minimum atomic E-state index is -2.80. The number of nitrogen functional groups attached to an aromatic ring is 1. The van der Waals surface area contributed by atoms with Crippen molar-refractivity contribution >= 4 is 15.5 Å². The molecule has 1 saturated heterocycles. The Bertz CT molecular complexity index is 591. The molecule has 1 atom stereocenters. The monoisotopic (exact) mass is 294 g/mol. The maximum atomic E-state index is 11.6. The van der Waals surface area contributed by atoms with Gasteiger partial charge in [0.15, 0.2) is 9.84 Å². The molecular weight excluding hydrogens is 272 g/mol. The van der Waals surface area contributed by atoms with Gasteiger partial charge in [0.2, 0.25) is 0 Å². The van der Waals surface area contributed by atoms with E-state index in [0.717, 1.165) is 18.7 Å². The number of anilines is 1. The van der Waals surface area contributed by atoms with Crippen molar-refractivity contribution in [3.8, 4) is 0 Å². The molecule has 0 aromatic heterocycles. The smallest absolute Gasteiger partial charge is 0.151 e. The number of hydrogen-bond donors (Lipinski definition) is 1. The first kappa shape index (κ1) is 13.9. The third-order valence-corrected chi connectivity index (χ3v) is 6.51. The number of nitrogens with zero attached hydrogens (tertiary/aromatic N) is 1. The molecule has 20 heavy (non-hydrogen) atoms. The van der Waals surface area contributed by atoms with Gasteiger partial charge in [-0.2, -0.15) is 0 Å². The quantitative estimate of drug-likeness (QED) is 0.853. The summed E-state index contributed by atoms with van der Waals surface area (Å²) in [5, 5.41) is 0. The highest BCUT2D eigenvalue weighted by Gasteiger charge is 2.46. The van der Waals surface area contributed by atoms with Crippen molar-refractivity contribution in [3.05, 3.63) is 29.8 Å². The van der Waals surface area contributed by atoms with Crippen LogP contribution in [-0.4, -0.2) is 44.5 Å².